The molecule has 0 bridgehead atoms. The van der Waals surface area contributed by atoms with Gasteiger partial charge in [-0.15, -0.1) is 0 Å². The second-order valence-electron chi connectivity index (χ2n) is 14.9. The fourth-order valence-electron chi connectivity index (χ4n) is 8.61. The molecule has 6 heteroatoms. The van der Waals surface area contributed by atoms with E-state index < -0.39 is 0 Å². The lowest BCUT2D eigenvalue weighted by atomic mass is 9.73. The van der Waals surface area contributed by atoms with Gasteiger partial charge in [-0.1, -0.05) is 109 Å². The van der Waals surface area contributed by atoms with Crippen molar-refractivity contribution in [2.24, 2.45) is 5.92 Å². The van der Waals surface area contributed by atoms with Crippen molar-refractivity contribution in [3.8, 4) is 28.7 Å². The van der Waals surface area contributed by atoms with E-state index in [-0.39, 0.29) is 17.8 Å². The Morgan fingerprint density at radius 1 is 0.525 bits per heavy atom. The van der Waals surface area contributed by atoms with Crippen LogP contribution in [0.15, 0.2) is 180 Å². The number of hydrogen-bond donors (Lipinski definition) is 0. The highest BCUT2D eigenvalue weighted by molar-refractivity contribution is 5.89. The van der Waals surface area contributed by atoms with Crippen molar-refractivity contribution in [3.63, 3.8) is 0 Å². The fraction of sp³-hybridized carbons (Fsp3) is 0.208. The van der Waals surface area contributed by atoms with Crippen LogP contribution in [-0.4, -0.2) is 42.2 Å². The minimum absolute atomic E-state index is 0.0107. The largest absolute Gasteiger partial charge is 0.497 e. The molecule has 0 N–H and O–H groups in total. The van der Waals surface area contributed by atoms with Gasteiger partial charge in [0.1, 0.15) is 41.1 Å². The van der Waals surface area contributed by atoms with Gasteiger partial charge in [0.2, 0.25) is 0 Å². The topological polar surface area (TPSA) is 55.4 Å². The van der Waals surface area contributed by atoms with Crippen LogP contribution in [-0.2, 0) is 11.2 Å². The lowest BCUT2D eigenvalue weighted by molar-refractivity contribution is 0.289. The van der Waals surface area contributed by atoms with Crippen molar-refractivity contribution < 1.29 is 28.4 Å². The van der Waals surface area contributed by atoms with Gasteiger partial charge in [0.05, 0.1) is 35.5 Å². The quantitative estimate of drug-likeness (QED) is 0.103. The Balaban J connectivity index is 1.02. The van der Waals surface area contributed by atoms with Crippen LogP contribution in [0.5, 0.6) is 28.7 Å². The lowest BCUT2D eigenvalue weighted by Crippen LogP contribution is -2.16. The summed E-state index contributed by atoms with van der Waals surface area (Å²) in [5, 5.41) is 2.29. The van der Waals surface area contributed by atoms with Gasteiger partial charge < -0.3 is 28.4 Å². The van der Waals surface area contributed by atoms with Gasteiger partial charge in [-0.25, -0.2) is 0 Å². The smallest absolute Gasteiger partial charge is 0.130 e. The summed E-state index contributed by atoms with van der Waals surface area (Å²) in [5.41, 5.74) is 9.37. The van der Waals surface area contributed by atoms with E-state index in [1.165, 1.54) is 38.8 Å². The average Bonchev–Trinajstić information content (AvgIpc) is 3.30. The summed E-state index contributed by atoms with van der Waals surface area (Å²) in [4.78, 5) is 0. The predicted molar refractivity (Wildman–Crippen MR) is 236 cm³/mol. The van der Waals surface area contributed by atoms with Gasteiger partial charge in [-0.3, -0.25) is 0 Å². The molecule has 2 aliphatic carbocycles. The molecular formula is C53H50O6. The van der Waals surface area contributed by atoms with E-state index in [4.69, 9.17) is 28.4 Å². The second kappa shape index (κ2) is 17.9. The SMILES string of the molecule is COC1=C2C=CC(COc3ccc(C(c4ccc(OC)cc4)C(c4ccc(OC)cc4)c4ccc(OC)cc4)cc3)=CC2CC=C1Cc1ccc2ccccc2c1OC. The maximum Gasteiger partial charge on any atom is 0.130 e. The molecule has 8 rings (SSSR count). The second-order valence-corrected chi connectivity index (χ2v) is 14.9. The lowest BCUT2D eigenvalue weighted by Gasteiger charge is -2.30. The molecule has 2 unspecified atom stereocenters. The zero-order valence-corrected chi connectivity index (χ0v) is 34.3. The molecule has 0 saturated carbocycles. The van der Waals surface area contributed by atoms with Gasteiger partial charge in [-0.2, -0.15) is 0 Å². The van der Waals surface area contributed by atoms with Crippen LogP contribution < -0.4 is 23.7 Å². The Morgan fingerprint density at radius 3 is 1.56 bits per heavy atom. The molecule has 0 aliphatic heterocycles. The molecule has 0 aromatic heterocycles. The standard InChI is InChI=1S/C53H50O6/c1-54-44-23-15-37(16-24-44)50(38-17-25-45(55-2)26-18-38)51(39-19-27-46(56-3)28-20-39)40-21-29-47(30-22-40)59-34-35-10-31-49-41(32-35)12-14-43(53(49)58-5)33-42-13-11-36-8-6-7-9-48(36)52(42)57-4/h6-11,13-32,41,50-51H,12,33-34H2,1-5H3. The number of allylic oxidation sites excluding steroid dienone is 5. The Labute approximate surface area is 347 Å². The first-order valence-electron chi connectivity index (χ1n) is 20.1. The van der Waals surface area contributed by atoms with Crippen molar-refractivity contribution in [1.29, 1.82) is 0 Å². The molecule has 0 heterocycles. The molecular weight excluding hydrogens is 733 g/mol. The van der Waals surface area contributed by atoms with E-state index in [1.807, 2.05) is 36.4 Å². The van der Waals surface area contributed by atoms with Gasteiger partial charge >= 0.3 is 0 Å². The monoisotopic (exact) mass is 782 g/mol. The maximum absolute atomic E-state index is 6.45. The molecule has 0 saturated heterocycles. The predicted octanol–water partition coefficient (Wildman–Crippen LogP) is 11.8. The first-order chi connectivity index (χ1) is 29.0. The molecule has 0 amide bonds. The first kappa shape index (κ1) is 39.2. The third-order valence-corrected chi connectivity index (χ3v) is 11.6. The minimum atomic E-state index is -0.0208. The summed E-state index contributed by atoms with van der Waals surface area (Å²) < 4.78 is 35.1. The summed E-state index contributed by atoms with van der Waals surface area (Å²) in [6, 6.07) is 46.4. The summed E-state index contributed by atoms with van der Waals surface area (Å²) in [7, 11) is 8.61. The number of rotatable bonds is 15. The Morgan fingerprint density at radius 2 is 1.05 bits per heavy atom. The molecule has 0 radical (unpaired) electrons. The Bertz CT molecular complexity index is 2460. The van der Waals surface area contributed by atoms with Gasteiger partial charge in [0, 0.05) is 35.1 Å². The van der Waals surface area contributed by atoms with E-state index in [1.54, 1.807) is 35.5 Å². The molecule has 298 valence electrons. The summed E-state index contributed by atoms with van der Waals surface area (Å²) >= 11 is 0. The molecule has 6 nitrogen and oxygen atoms in total. The van der Waals surface area contributed by atoms with E-state index >= 15 is 0 Å². The van der Waals surface area contributed by atoms with Gasteiger partial charge in [0.15, 0.2) is 0 Å². The molecule has 0 fully saturated rings. The fourth-order valence-corrected chi connectivity index (χ4v) is 8.61. The van der Waals surface area contributed by atoms with Crippen molar-refractivity contribution in [2.45, 2.75) is 24.7 Å². The van der Waals surface area contributed by atoms with Crippen molar-refractivity contribution >= 4 is 10.8 Å². The summed E-state index contributed by atoms with van der Waals surface area (Å²) in [6.07, 6.45) is 10.6. The summed E-state index contributed by atoms with van der Waals surface area (Å²) in [5.74, 6) is 5.32. The van der Waals surface area contributed by atoms with Crippen LogP contribution >= 0.6 is 0 Å². The summed E-state index contributed by atoms with van der Waals surface area (Å²) in [6.45, 7) is 0.467. The number of benzene rings is 6. The number of fused-ring (bicyclic) bond motifs is 2. The number of ether oxygens (including phenoxy) is 6. The Hall–Kier alpha value is -6.66. The Kier molecular flexibility index (Phi) is 11.9. The normalized spacial score (nSPS) is 15.3. The zero-order valence-electron chi connectivity index (χ0n) is 34.3. The molecule has 2 aliphatic rings. The van der Waals surface area contributed by atoms with Crippen LogP contribution in [0.1, 0.15) is 46.1 Å². The third kappa shape index (κ3) is 8.35. The maximum atomic E-state index is 6.45. The highest BCUT2D eigenvalue weighted by Crippen LogP contribution is 2.45. The van der Waals surface area contributed by atoms with E-state index in [2.05, 4.69) is 121 Å². The molecule has 0 spiro atoms. The molecule has 6 aromatic rings. The molecule has 2 atom stereocenters. The van der Waals surface area contributed by atoms with Crippen LogP contribution in [0, 0.1) is 5.92 Å². The molecule has 6 aromatic carbocycles. The van der Waals surface area contributed by atoms with Crippen LogP contribution in [0.2, 0.25) is 0 Å². The first-order valence-corrected chi connectivity index (χ1v) is 20.1. The van der Waals surface area contributed by atoms with Crippen LogP contribution in [0.25, 0.3) is 10.8 Å². The van der Waals surface area contributed by atoms with E-state index in [9.17, 15) is 0 Å². The number of methoxy groups -OCH3 is 5. The van der Waals surface area contributed by atoms with Crippen LogP contribution in [0.3, 0.4) is 0 Å². The van der Waals surface area contributed by atoms with Gasteiger partial charge in [-0.05, 0) is 99.3 Å². The molecule has 59 heavy (non-hydrogen) atoms. The highest BCUT2D eigenvalue weighted by Gasteiger charge is 2.30. The van der Waals surface area contributed by atoms with E-state index in [0.717, 1.165) is 63.9 Å². The van der Waals surface area contributed by atoms with Gasteiger partial charge in [0.25, 0.3) is 0 Å². The van der Waals surface area contributed by atoms with Crippen LogP contribution in [0.4, 0.5) is 0 Å². The minimum Gasteiger partial charge on any atom is -0.497 e. The zero-order chi connectivity index (χ0) is 40.7. The number of hydrogen-bond acceptors (Lipinski definition) is 6. The van der Waals surface area contributed by atoms with E-state index in [0.29, 0.717) is 6.61 Å². The average molecular weight is 783 g/mol. The van der Waals surface area contributed by atoms with Crippen molar-refractivity contribution in [2.75, 3.05) is 42.2 Å². The van der Waals surface area contributed by atoms with Crippen molar-refractivity contribution in [3.05, 3.63) is 208 Å². The van der Waals surface area contributed by atoms with Crippen molar-refractivity contribution in [1.82, 2.24) is 0 Å². The third-order valence-electron chi connectivity index (χ3n) is 11.6. The highest BCUT2D eigenvalue weighted by atomic mass is 16.5.